The van der Waals surface area contributed by atoms with Gasteiger partial charge >= 0.3 is 0 Å². The van der Waals surface area contributed by atoms with Crippen LogP contribution >= 0.6 is 22.9 Å². The summed E-state index contributed by atoms with van der Waals surface area (Å²) in [7, 11) is 0. The lowest BCUT2D eigenvalue weighted by Gasteiger charge is -2.06. The van der Waals surface area contributed by atoms with E-state index in [1.807, 2.05) is 12.1 Å². The van der Waals surface area contributed by atoms with E-state index in [4.69, 9.17) is 16.0 Å². The number of amides is 1. The number of nitrogens with one attached hydrogen (secondary N) is 1. The van der Waals surface area contributed by atoms with Crippen molar-refractivity contribution in [2.24, 2.45) is 0 Å². The number of benzene rings is 1. The molecule has 4 nitrogen and oxygen atoms in total. The van der Waals surface area contributed by atoms with Crippen LogP contribution in [0.25, 0.3) is 11.3 Å². The fraction of sp³-hybridized carbons (Fsp3) is 0.222. The summed E-state index contributed by atoms with van der Waals surface area (Å²) in [4.78, 5) is 18.2. The van der Waals surface area contributed by atoms with E-state index in [1.165, 1.54) is 17.7 Å². The molecule has 0 radical (unpaired) electrons. The lowest BCUT2D eigenvalue weighted by atomic mass is 10.0. The van der Waals surface area contributed by atoms with E-state index >= 15 is 0 Å². The zero-order valence-corrected chi connectivity index (χ0v) is 14.4. The number of aromatic nitrogens is 1. The molecule has 4 rings (SSSR count). The molecule has 0 fully saturated rings. The molecule has 1 aliphatic rings. The third-order valence-electron chi connectivity index (χ3n) is 4.02. The van der Waals surface area contributed by atoms with Crippen LogP contribution in [0.1, 0.15) is 34.0 Å². The largest absolute Gasteiger partial charge is 0.451 e. The summed E-state index contributed by atoms with van der Waals surface area (Å²) >= 11 is 7.45. The van der Waals surface area contributed by atoms with Crippen molar-refractivity contribution in [3.05, 3.63) is 57.8 Å². The number of halogens is 1. The Hall–Kier alpha value is -2.11. The van der Waals surface area contributed by atoms with Gasteiger partial charge in [0.2, 0.25) is 0 Å². The lowest BCUT2D eigenvalue weighted by molar-refractivity contribution is 0.0997. The number of fused-ring (bicyclic) bond motifs is 1. The molecule has 122 valence electrons. The second-order valence-corrected chi connectivity index (χ2v) is 7.24. The van der Waals surface area contributed by atoms with Gasteiger partial charge < -0.3 is 4.42 Å². The number of rotatable bonds is 3. The first kappa shape index (κ1) is 15.4. The summed E-state index contributed by atoms with van der Waals surface area (Å²) in [5, 5.41) is 4.16. The molecule has 0 saturated heterocycles. The molecule has 1 amide bonds. The predicted molar refractivity (Wildman–Crippen MR) is 95.9 cm³/mol. The van der Waals surface area contributed by atoms with Gasteiger partial charge in [-0.25, -0.2) is 4.98 Å². The normalized spacial score (nSPS) is 13.5. The van der Waals surface area contributed by atoms with Crippen LogP contribution in [-0.2, 0) is 12.8 Å². The number of hydrogen-bond acceptors (Lipinski definition) is 4. The van der Waals surface area contributed by atoms with Crippen LogP contribution in [0, 0.1) is 0 Å². The molecular weight excluding hydrogens is 344 g/mol. The minimum atomic E-state index is -0.277. The molecule has 0 spiro atoms. The number of nitrogens with zero attached hydrogens (tertiary/aromatic N) is 1. The predicted octanol–water partition coefficient (Wildman–Crippen LogP) is 5.19. The number of hydrogen-bond donors (Lipinski definition) is 1. The third kappa shape index (κ3) is 3.09. The maximum absolute atomic E-state index is 12.4. The van der Waals surface area contributed by atoms with Gasteiger partial charge in [-0.1, -0.05) is 11.6 Å². The molecule has 1 aromatic carbocycles. The zero-order chi connectivity index (χ0) is 16.5. The van der Waals surface area contributed by atoms with E-state index in [2.05, 4.69) is 10.3 Å². The van der Waals surface area contributed by atoms with Gasteiger partial charge in [0.25, 0.3) is 5.91 Å². The smallest absolute Gasteiger partial charge is 0.293 e. The van der Waals surface area contributed by atoms with E-state index in [9.17, 15) is 4.79 Å². The minimum Gasteiger partial charge on any atom is -0.451 e. The SMILES string of the molecule is O=C(Nc1nc2c(s1)CCCC2)c1ccc(-c2ccc(Cl)cc2)o1. The average molecular weight is 359 g/mol. The molecule has 0 saturated carbocycles. The Kier molecular flexibility index (Phi) is 4.12. The van der Waals surface area contributed by atoms with Gasteiger partial charge in [0.1, 0.15) is 5.76 Å². The van der Waals surface area contributed by atoms with Crippen molar-refractivity contribution in [3.8, 4) is 11.3 Å². The molecule has 6 heteroatoms. The van der Waals surface area contributed by atoms with Crippen LogP contribution in [0.2, 0.25) is 5.02 Å². The van der Waals surface area contributed by atoms with Crippen molar-refractivity contribution in [2.45, 2.75) is 25.7 Å². The van der Waals surface area contributed by atoms with E-state index in [-0.39, 0.29) is 11.7 Å². The van der Waals surface area contributed by atoms with Crippen LogP contribution in [-0.4, -0.2) is 10.9 Å². The number of carbonyl (C=O) groups is 1. The summed E-state index contributed by atoms with van der Waals surface area (Å²) in [5.41, 5.74) is 2.01. The van der Waals surface area contributed by atoms with E-state index in [1.54, 1.807) is 35.6 Å². The van der Waals surface area contributed by atoms with Gasteiger partial charge in [-0.3, -0.25) is 10.1 Å². The fourth-order valence-electron chi connectivity index (χ4n) is 2.79. The van der Waals surface area contributed by atoms with Crippen LogP contribution in [0.15, 0.2) is 40.8 Å². The summed E-state index contributed by atoms with van der Waals surface area (Å²) in [6.07, 6.45) is 4.44. The number of furan rings is 1. The van der Waals surface area contributed by atoms with Gasteiger partial charge in [-0.2, -0.15) is 0 Å². The molecule has 0 bridgehead atoms. The van der Waals surface area contributed by atoms with Gasteiger partial charge in [-0.05, 0) is 62.1 Å². The molecule has 2 heterocycles. The van der Waals surface area contributed by atoms with Crippen LogP contribution in [0.3, 0.4) is 0 Å². The molecule has 2 aromatic heterocycles. The Bertz CT molecular complexity index is 859. The van der Waals surface area contributed by atoms with Crippen molar-refractivity contribution < 1.29 is 9.21 Å². The van der Waals surface area contributed by atoms with Gasteiger partial charge in [0.05, 0.1) is 5.69 Å². The highest BCUT2D eigenvalue weighted by molar-refractivity contribution is 7.15. The average Bonchev–Trinajstić information content (AvgIpc) is 3.21. The summed E-state index contributed by atoms with van der Waals surface area (Å²) in [5.74, 6) is 0.629. The third-order valence-corrected chi connectivity index (χ3v) is 5.35. The molecular formula is C18H15ClN2O2S. The fourth-order valence-corrected chi connectivity index (χ4v) is 3.96. The number of aryl methyl sites for hydroxylation is 2. The Morgan fingerprint density at radius 1 is 1.12 bits per heavy atom. The highest BCUT2D eigenvalue weighted by Gasteiger charge is 2.18. The highest BCUT2D eigenvalue weighted by Crippen LogP contribution is 2.30. The van der Waals surface area contributed by atoms with E-state index < -0.39 is 0 Å². The molecule has 0 unspecified atom stereocenters. The summed E-state index contributed by atoms with van der Waals surface area (Å²) in [6, 6.07) is 10.8. The monoisotopic (exact) mass is 358 g/mol. The van der Waals surface area contributed by atoms with Crippen molar-refractivity contribution in [2.75, 3.05) is 5.32 Å². The van der Waals surface area contributed by atoms with Crippen LogP contribution < -0.4 is 5.32 Å². The highest BCUT2D eigenvalue weighted by atomic mass is 35.5. The van der Waals surface area contributed by atoms with Crippen LogP contribution in [0.4, 0.5) is 5.13 Å². The Labute approximate surface area is 148 Å². The Balaban J connectivity index is 1.50. The van der Waals surface area contributed by atoms with Gasteiger partial charge in [-0.15, -0.1) is 11.3 Å². The first-order chi connectivity index (χ1) is 11.7. The molecule has 0 aliphatic heterocycles. The summed E-state index contributed by atoms with van der Waals surface area (Å²) in [6.45, 7) is 0. The van der Waals surface area contributed by atoms with Crippen molar-refractivity contribution in [1.82, 2.24) is 4.98 Å². The topological polar surface area (TPSA) is 55.1 Å². The maximum atomic E-state index is 12.4. The van der Waals surface area contributed by atoms with Gasteiger partial charge in [0, 0.05) is 15.5 Å². The summed E-state index contributed by atoms with van der Waals surface area (Å²) < 4.78 is 5.67. The number of thiazole rings is 1. The second kappa shape index (κ2) is 6.42. The molecule has 3 aromatic rings. The van der Waals surface area contributed by atoms with Crippen molar-refractivity contribution >= 4 is 34.0 Å². The quantitative estimate of drug-likeness (QED) is 0.701. The van der Waals surface area contributed by atoms with Crippen LogP contribution in [0.5, 0.6) is 0 Å². The molecule has 24 heavy (non-hydrogen) atoms. The van der Waals surface area contributed by atoms with Gasteiger partial charge in [0.15, 0.2) is 10.9 Å². The Morgan fingerprint density at radius 2 is 1.92 bits per heavy atom. The Morgan fingerprint density at radius 3 is 2.71 bits per heavy atom. The maximum Gasteiger partial charge on any atom is 0.293 e. The zero-order valence-electron chi connectivity index (χ0n) is 12.8. The van der Waals surface area contributed by atoms with Crippen molar-refractivity contribution in [1.29, 1.82) is 0 Å². The first-order valence-electron chi connectivity index (χ1n) is 7.85. The number of carbonyl (C=O) groups excluding carboxylic acids is 1. The van der Waals surface area contributed by atoms with E-state index in [0.717, 1.165) is 24.1 Å². The van der Waals surface area contributed by atoms with E-state index in [0.29, 0.717) is 15.9 Å². The van der Waals surface area contributed by atoms with Crippen molar-refractivity contribution in [3.63, 3.8) is 0 Å². The molecule has 1 aliphatic carbocycles. The minimum absolute atomic E-state index is 0.271. The standard InChI is InChI=1S/C18H15ClN2O2S/c19-12-7-5-11(6-8-12)14-9-10-15(23-14)17(22)21-18-20-13-3-1-2-4-16(13)24-18/h5-10H,1-4H2,(H,20,21,22). The lowest BCUT2D eigenvalue weighted by Crippen LogP contribution is -2.10. The number of anilines is 1. The second-order valence-electron chi connectivity index (χ2n) is 5.72. The molecule has 0 atom stereocenters. The molecule has 1 N–H and O–H groups in total. The first-order valence-corrected chi connectivity index (χ1v) is 9.04.